The molecule has 0 saturated carbocycles. The largest absolute Gasteiger partial charge is 0.497 e. The van der Waals surface area contributed by atoms with Crippen LogP contribution >= 0.6 is 0 Å². The number of methoxy groups -OCH3 is 1. The lowest BCUT2D eigenvalue weighted by atomic mass is 9.98. The Bertz CT molecular complexity index is 1300. The van der Waals surface area contributed by atoms with E-state index in [0.717, 1.165) is 40.1 Å². The zero-order chi connectivity index (χ0) is 22.1. The lowest BCUT2D eigenvalue weighted by Gasteiger charge is -2.31. The molecule has 0 aliphatic carbocycles. The molecule has 0 bridgehead atoms. The minimum atomic E-state index is -0.369. The fraction of sp³-hybridized carbons (Fsp3) is 0.222. The lowest BCUT2D eigenvalue weighted by molar-refractivity contribution is 0.0909. The van der Waals surface area contributed by atoms with Crippen molar-refractivity contribution < 1.29 is 13.9 Å². The van der Waals surface area contributed by atoms with E-state index in [0.29, 0.717) is 24.8 Å². The predicted molar refractivity (Wildman–Crippen MR) is 125 cm³/mol. The maximum absolute atomic E-state index is 12.5. The van der Waals surface area contributed by atoms with Crippen LogP contribution in [0, 0.1) is 0 Å². The van der Waals surface area contributed by atoms with E-state index in [1.165, 1.54) is 5.56 Å². The van der Waals surface area contributed by atoms with Gasteiger partial charge in [0.2, 0.25) is 0 Å². The molecule has 1 aliphatic heterocycles. The maximum Gasteiger partial charge on any atom is 0.336 e. The summed E-state index contributed by atoms with van der Waals surface area (Å²) < 4.78 is 17.0. The summed E-state index contributed by atoms with van der Waals surface area (Å²) in [7, 11) is 1.64. The highest BCUT2D eigenvalue weighted by molar-refractivity contribution is 5.95. The van der Waals surface area contributed by atoms with Crippen LogP contribution < -0.4 is 15.1 Å². The Hall–Kier alpha value is -3.57. The SMILES string of the molecule is COc1ccc(-c2cc(=O)oc3c4c(ccc23)OCN(CC(C)c2ccccc2)C4)cc1. The van der Waals surface area contributed by atoms with Crippen molar-refractivity contribution in [1.82, 2.24) is 4.90 Å². The number of fused-ring (bicyclic) bond motifs is 3. The second kappa shape index (κ2) is 8.52. The monoisotopic (exact) mass is 427 g/mol. The Labute approximate surface area is 186 Å². The molecule has 0 radical (unpaired) electrons. The van der Waals surface area contributed by atoms with E-state index in [-0.39, 0.29) is 5.63 Å². The van der Waals surface area contributed by atoms with E-state index < -0.39 is 0 Å². The summed E-state index contributed by atoms with van der Waals surface area (Å²) in [4.78, 5) is 14.7. The average Bonchev–Trinajstić information content (AvgIpc) is 2.84. The van der Waals surface area contributed by atoms with Gasteiger partial charge in [0.15, 0.2) is 0 Å². The van der Waals surface area contributed by atoms with Gasteiger partial charge in [-0.3, -0.25) is 4.90 Å². The second-order valence-corrected chi connectivity index (χ2v) is 8.22. The first-order valence-electron chi connectivity index (χ1n) is 10.8. The van der Waals surface area contributed by atoms with E-state index in [1.807, 2.05) is 42.5 Å². The van der Waals surface area contributed by atoms with Crippen molar-refractivity contribution in [2.24, 2.45) is 0 Å². The van der Waals surface area contributed by atoms with Gasteiger partial charge in [-0.15, -0.1) is 0 Å². The fourth-order valence-corrected chi connectivity index (χ4v) is 4.38. The molecule has 5 heteroatoms. The van der Waals surface area contributed by atoms with Crippen molar-refractivity contribution in [2.75, 3.05) is 20.4 Å². The highest BCUT2D eigenvalue weighted by Gasteiger charge is 2.24. The van der Waals surface area contributed by atoms with Crippen molar-refractivity contribution in [1.29, 1.82) is 0 Å². The number of hydrogen-bond acceptors (Lipinski definition) is 5. The van der Waals surface area contributed by atoms with Gasteiger partial charge < -0.3 is 13.9 Å². The van der Waals surface area contributed by atoms with Crippen LogP contribution in [0.1, 0.15) is 24.0 Å². The van der Waals surface area contributed by atoms with Gasteiger partial charge in [0, 0.05) is 24.5 Å². The van der Waals surface area contributed by atoms with Crippen molar-refractivity contribution in [3.63, 3.8) is 0 Å². The molecule has 0 N–H and O–H groups in total. The Morgan fingerprint density at radius 2 is 1.81 bits per heavy atom. The Balaban J connectivity index is 1.51. The molecule has 162 valence electrons. The van der Waals surface area contributed by atoms with Crippen molar-refractivity contribution in [3.05, 3.63) is 94.3 Å². The number of benzene rings is 3. The van der Waals surface area contributed by atoms with Crippen molar-refractivity contribution >= 4 is 11.0 Å². The predicted octanol–water partition coefficient (Wildman–Crippen LogP) is 5.42. The third-order valence-corrected chi connectivity index (χ3v) is 6.06. The molecular formula is C27H25NO4. The highest BCUT2D eigenvalue weighted by atomic mass is 16.5. The van der Waals surface area contributed by atoms with E-state index in [1.54, 1.807) is 13.2 Å². The molecule has 1 aromatic heterocycles. The second-order valence-electron chi connectivity index (χ2n) is 8.22. The molecule has 1 unspecified atom stereocenters. The first-order valence-corrected chi connectivity index (χ1v) is 10.8. The average molecular weight is 428 g/mol. The van der Waals surface area contributed by atoms with Crippen LogP contribution in [0.15, 0.2) is 82.0 Å². The standard InChI is InChI=1S/C27H25NO4/c1-18(19-6-4-3-5-7-19)15-28-16-24-25(31-17-28)13-12-22-23(14-26(29)32-27(22)24)20-8-10-21(30-2)11-9-20/h3-14,18H,15-17H2,1-2H3. The molecule has 5 nitrogen and oxygen atoms in total. The van der Waals surface area contributed by atoms with Crippen LogP contribution in [0.3, 0.4) is 0 Å². The number of rotatable bonds is 5. The summed E-state index contributed by atoms with van der Waals surface area (Å²) in [6.45, 7) is 4.25. The molecule has 0 saturated heterocycles. The molecule has 32 heavy (non-hydrogen) atoms. The zero-order valence-corrected chi connectivity index (χ0v) is 18.2. The fourth-order valence-electron chi connectivity index (χ4n) is 4.38. The van der Waals surface area contributed by atoms with Crippen LogP contribution in [0.5, 0.6) is 11.5 Å². The molecular weight excluding hydrogens is 402 g/mol. The Kier molecular flexibility index (Phi) is 5.41. The van der Waals surface area contributed by atoms with Gasteiger partial charge in [0.1, 0.15) is 23.8 Å². The Morgan fingerprint density at radius 1 is 1.03 bits per heavy atom. The van der Waals surface area contributed by atoms with Crippen LogP contribution in [0.4, 0.5) is 0 Å². The molecule has 0 amide bonds. The minimum Gasteiger partial charge on any atom is -0.497 e. The number of ether oxygens (including phenoxy) is 2. The Morgan fingerprint density at radius 3 is 2.56 bits per heavy atom. The van der Waals surface area contributed by atoms with Crippen LogP contribution in [-0.4, -0.2) is 25.3 Å². The van der Waals surface area contributed by atoms with E-state index in [9.17, 15) is 4.79 Å². The minimum absolute atomic E-state index is 0.359. The summed E-state index contributed by atoms with van der Waals surface area (Å²) in [6, 6.07) is 23.7. The van der Waals surface area contributed by atoms with Gasteiger partial charge in [-0.05, 0) is 46.9 Å². The maximum atomic E-state index is 12.5. The summed E-state index contributed by atoms with van der Waals surface area (Å²) in [5.41, 5.74) is 4.22. The third kappa shape index (κ3) is 3.87. The van der Waals surface area contributed by atoms with Crippen LogP contribution in [0.25, 0.3) is 22.1 Å². The smallest absolute Gasteiger partial charge is 0.336 e. The quantitative estimate of drug-likeness (QED) is 0.398. The summed E-state index contributed by atoms with van der Waals surface area (Å²) in [5.74, 6) is 1.91. The van der Waals surface area contributed by atoms with E-state index >= 15 is 0 Å². The molecule has 1 aliphatic rings. The van der Waals surface area contributed by atoms with E-state index in [2.05, 4.69) is 36.1 Å². The molecule has 0 fully saturated rings. The molecule has 0 spiro atoms. The molecule has 5 rings (SSSR count). The van der Waals surface area contributed by atoms with Crippen LogP contribution in [0.2, 0.25) is 0 Å². The number of nitrogens with zero attached hydrogens (tertiary/aromatic N) is 1. The van der Waals surface area contributed by atoms with Gasteiger partial charge in [-0.25, -0.2) is 4.79 Å². The molecule has 4 aromatic rings. The van der Waals surface area contributed by atoms with Gasteiger partial charge in [0.05, 0.1) is 12.7 Å². The first kappa shape index (κ1) is 20.3. The normalized spacial score (nSPS) is 14.6. The van der Waals surface area contributed by atoms with Gasteiger partial charge in [-0.2, -0.15) is 0 Å². The molecule has 3 aromatic carbocycles. The van der Waals surface area contributed by atoms with E-state index in [4.69, 9.17) is 13.9 Å². The first-order chi connectivity index (χ1) is 15.6. The molecule has 2 heterocycles. The summed E-state index contributed by atoms with van der Waals surface area (Å²) in [5, 5.41) is 0.898. The van der Waals surface area contributed by atoms with Crippen molar-refractivity contribution in [3.8, 4) is 22.6 Å². The molecule has 1 atom stereocenters. The van der Waals surface area contributed by atoms with Crippen molar-refractivity contribution in [2.45, 2.75) is 19.4 Å². The van der Waals surface area contributed by atoms with Gasteiger partial charge >= 0.3 is 5.63 Å². The van der Waals surface area contributed by atoms with Crippen LogP contribution in [-0.2, 0) is 6.54 Å². The number of hydrogen-bond donors (Lipinski definition) is 0. The highest BCUT2D eigenvalue weighted by Crippen LogP contribution is 2.36. The topological polar surface area (TPSA) is 51.9 Å². The van der Waals surface area contributed by atoms with Gasteiger partial charge in [-0.1, -0.05) is 49.4 Å². The summed E-state index contributed by atoms with van der Waals surface area (Å²) >= 11 is 0. The third-order valence-electron chi connectivity index (χ3n) is 6.06. The summed E-state index contributed by atoms with van der Waals surface area (Å²) in [6.07, 6.45) is 0. The zero-order valence-electron chi connectivity index (χ0n) is 18.2. The lowest BCUT2D eigenvalue weighted by Crippen LogP contribution is -2.34. The van der Waals surface area contributed by atoms with Gasteiger partial charge in [0.25, 0.3) is 0 Å².